The first-order valence-electron chi connectivity index (χ1n) is 14.9. The lowest BCUT2D eigenvalue weighted by atomic mass is 9.94. The van der Waals surface area contributed by atoms with Crippen LogP contribution in [-0.4, -0.2) is 57.8 Å². The van der Waals surface area contributed by atoms with Gasteiger partial charge < -0.3 is 9.80 Å². The second kappa shape index (κ2) is 13.3. The molecule has 2 unspecified atom stereocenters. The molecule has 10 heteroatoms. The van der Waals surface area contributed by atoms with Gasteiger partial charge in [-0.05, 0) is 59.9 Å². The van der Waals surface area contributed by atoms with E-state index in [2.05, 4.69) is 44.4 Å². The van der Waals surface area contributed by atoms with Gasteiger partial charge in [0, 0.05) is 43.1 Å². The van der Waals surface area contributed by atoms with Gasteiger partial charge in [0.15, 0.2) is 0 Å². The molecule has 2 atom stereocenters. The zero-order valence-corrected chi connectivity index (χ0v) is 25.4. The second-order valence-corrected chi connectivity index (χ2v) is 12.0. The third kappa shape index (κ3) is 6.84. The molecular weight excluding hydrogens is 548 g/mol. The standard InChI is InChI=1S/C17H22N2O3.C16H18N2O3/c1-11(2)13-5-6-14-9-19(17(22)15(14)8-13)12(3)4-7-16(21)18-10-20;1-9(2)11-5-3-4-10-8-18(16(21)14(10)11)12-6-7-13(19)17-15(12)20/h5-6,8,10-12H,4,7,9H2,1-3H3,(H,18,20,21);3-5,9,12H,6-8H2,1-2H3,(H,17,19,20). The fourth-order valence-corrected chi connectivity index (χ4v) is 5.81. The second-order valence-electron chi connectivity index (χ2n) is 12.0. The van der Waals surface area contributed by atoms with E-state index in [1.165, 1.54) is 0 Å². The van der Waals surface area contributed by atoms with E-state index in [1.54, 1.807) is 9.80 Å². The number of hydrogen-bond acceptors (Lipinski definition) is 6. The van der Waals surface area contributed by atoms with E-state index in [4.69, 9.17) is 0 Å². The molecule has 3 aliphatic rings. The Labute approximate surface area is 252 Å². The zero-order valence-electron chi connectivity index (χ0n) is 25.4. The molecule has 3 heterocycles. The Morgan fingerprint density at radius 3 is 2.37 bits per heavy atom. The van der Waals surface area contributed by atoms with Crippen molar-refractivity contribution in [2.75, 3.05) is 0 Å². The van der Waals surface area contributed by atoms with E-state index in [-0.39, 0.29) is 54.3 Å². The number of nitrogens with one attached hydrogen (secondary N) is 2. The average molecular weight is 589 g/mol. The first-order valence-corrected chi connectivity index (χ1v) is 14.9. The third-order valence-corrected chi connectivity index (χ3v) is 8.38. The van der Waals surface area contributed by atoms with Crippen LogP contribution in [0.4, 0.5) is 0 Å². The Hall–Kier alpha value is -4.34. The van der Waals surface area contributed by atoms with Crippen LogP contribution in [-0.2, 0) is 32.3 Å². The fourth-order valence-electron chi connectivity index (χ4n) is 5.81. The predicted octanol–water partition coefficient (Wildman–Crippen LogP) is 3.78. The molecule has 0 spiro atoms. The quantitative estimate of drug-likeness (QED) is 0.356. The van der Waals surface area contributed by atoms with Crippen LogP contribution in [0, 0.1) is 0 Å². The van der Waals surface area contributed by atoms with Gasteiger partial charge in [-0.15, -0.1) is 0 Å². The Bertz CT molecular complexity index is 1450. The van der Waals surface area contributed by atoms with Crippen LogP contribution in [0.2, 0.25) is 0 Å². The van der Waals surface area contributed by atoms with Gasteiger partial charge in [-0.25, -0.2) is 0 Å². The van der Waals surface area contributed by atoms with E-state index in [0.29, 0.717) is 38.3 Å². The van der Waals surface area contributed by atoms with Crippen molar-refractivity contribution in [3.8, 4) is 0 Å². The van der Waals surface area contributed by atoms with Crippen LogP contribution in [0.15, 0.2) is 36.4 Å². The number of carbonyl (C=O) groups is 6. The number of carbonyl (C=O) groups excluding carboxylic acids is 6. The summed E-state index contributed by atoms with van der Waals surface area (Å²) in [5.41, 5.74) is 5.70. The van der Waals surface area contributed by atoms with Gasteiger partial charge in [0.2, 0.25) is 24.1 Å². The smallest absolute Gasteiger partial charge is 0.255 e. The Morgan fingerprint density at radius 2 is 1.72 bits per heavy atom. The first kappa shape index (κ1) is 31.6. The molecule has 6 amide bonds. The van der Waals surface area contributed by atoms with Crippen LogP contribution in [0.25, 0.3) is 0 Å². The molecule has 0 aliphatic carbocycles. The topological polar surface area (TPSA) is 133 Å². The SMILES string of the molecule is CC(C)c1ccc2c(c1)C(=O)N(C(C)CCC(=O)NC=O)C2.CC(C)c1cccc2c1C(=O)N(C1CCC(=O)NC1=O)C2. The molecule has 10 nitrogen and oxygen atoms in total. The van der Waals surface area contributed by atoms with Crippen molar-refractivity contribution in [2.45, 2.75) is 97.3 Å². The number of amides is 6. The van der Waals surface area contributed by atoms with Crippen molar-refractivity contribution in [2.24, 2.45) is 0 Å². The molecule has 1 fully saturated rings. The maximum atomic E-state index is 12.7. The summed E-state index contributed by atoms with van der Waals surface area (Å²) in [6.07, 6.45) is 1.85. The summed E-state index contributed by atoms with van der Waals surface area (Å²) in [7, 11) is 0. The van der Waals surface area contributed by atoms with Crippen molar-refractivity contribution in [1.29, 1.82) is 0 Å². The highest BCUT2D eigenvalue weighted by molar-refractivity contribution is 6.06. The van der Waals surface area contributed by atoms with Gasteiger partial charge in [-0.1, -0.05) is 58.0 Å². The largest absolute Gasteiger partial charge is 0.332 e. The van der Waals surface area contributed by atoms with E-state index in [0.717, 1.165) is 33.4 Å². The van der Waals surface area contributed by atoms with Crippen molar-refractivity contribution in [3.05, 3.63) is 69.8 Å². The van der Waals surface area contributed by atoms with E-state index in [1.807, 2.05) is 37.3 Å². The minimum absolute atomic E-state index is 0.0285. The lowest BCUT2D eigenvalue weighted by molar-refractivity contribution is -0.137. The molecule has 2 aromatic carbocycles. The maximum Gasteiger partial charge on any atom is 0.255 e. The fraction of sp³-hybridized carbons (Fsp3) is 0.455. The number of piperidine rings is 1. The molecule has 0 aromatic heterocycles. The minimum atomic E-state index is -0.539. The monoisotopic (exact) mass is 588 g/mol. The third-order valence-electron chi connectivity index (χ3n) is 8.38. The van der Waals surface area contributed by atoms with Crippen molar-refractivity contribution in [1.82, 2.24) is 20.4 Å². The van der Waals surface area contributed by atoms with Crippen LogP contribution in [0.5, 0.6) is 0 Å². The summed E-state index contributed by atoms with van der Waals surface area (Å²) >= 11 is 0. The highest BCUT2D eigenvalue weighted by Crippen LogP contribution is 2.33. The van der Waals surface area contributed by atoms with Gasteiger partial charge in [0.25, 0.3) is 11.8 Å². The number of nitrogens with zero attached hydrogens (tertiary/aromatic N) is 2. The van der Waals surface area contributed by atoms with Gasteiger partial charge in [0.1, 0.15) is 6.04 Å². The predicted molar refractivity (Wildman–Crippen MR) is 160 cm³/mol. The lowest BCUT2D eigenvalue weighted by Gasteiger charge is -2.29. The lowest BCUT2D eigenvalue weighted by Crippen LogP contribution is -2.52. The van der Waals surface area contributed by atoms with Crippen LogP contribution in [0.1, 0.15) is 115 Å². The van der Waals surface area contributed by atoms with Gasteiger partial charge in [-0.2, -0.15) is 0 Å². The number of imide groups is 2. The van der Waals surface area contributed by atoms with Crippen molar-refractivity contribution < 1.29 is 28.8 Å². The summed E-state index contributed by atoms with van der Waals surface area (Å²) < 4.78 is 0. The molecule has 0 bridgehead atoms. The number of hydrogen-bond donors (Lipinski definition) is 2. The number of benzene rings is 2. The summed E-state index contributed by atoms with van der Waals surface area (Å²) in [4.78, 5) is 73.4. The Morgan fingerprint density at radius 1 is 0.977 bits per heavy atom. The van der Waals surface area contributed by atoms with Crippen LogP contribution < -0.4 is 10.6 Å². The average Bonchev–Trinajstić information content (AvgIpc) is 3.48. The molecule has 2 N–H and O–H groups in total. The van der Waals surface area contributed by atoms with Crippen LogP contribution >= 0.6 is 0 Å². The summed E-state index contributed by atoms with van der Waals surface area (Å²) in [5.74, 6) is -0.360. The summed E-state index contributed by atoms with van der Waals surface area (Å²) in [5, 5.41) is 4.44. The van der Waals surface area contributed by atoms with Gasteiger partial charge in [0.05, 0.1) is 0 Å². The molecule has 5 rings (SSSR count). The van der Waals surface area contributed by atoms with Crippen LogP contribution in [0.3, 0.4) is 0 Å². The highest BCUT2D eigenvalue weighted by Gasteiger charge is 2.40. The molecule has 43 heavy (non-hydrogen) atoms. The molecule has 228 valence electrons. The Kier molecular flexibility index (Phi) is 9.78. The van der Waals surface area contributed by atoms with Crippen molar-refractivity contribution >= 4 is 35.9 Å². The van der Waals surface area contributed by atoms with E-state index in [9.17, 15) is 28.8 Å². The first-order chi connectivity index (χ1) is 20.4. The van der Waals surface area contributed by atoms with Gasteiger partial charge in [-0.3, -0.25) is 39.4 Å². The molecular formula is C33H40N4O6. The number of fused-ring (bicyclic) bond motifs is 2. The van der Waals surface area contributed by atoms with E-state index >= 15 is 0 Å². The molecule has 2 aromatic rings. The Balaban J connectivity index is 0.000000197. The zero-order chi connectivity index (χ0) is 31.4. The normalized spacial score (nSPS) is 18.3. The maximum absolute atomic E-state index is 12.7. The molecule has 1 saturated heterocycles. The molecule has 0 saturated carbocycles. The van der Waals surface area contributed by atoms with Crippen molar-refractivity contribution in [3.63, 3.8) is 0 Å². The highest BCUT2D eigenvalue weighted by atomic mass is 16.2. The van der Waals surface area contributed by atoms with E-state index < -0.39 is 6.04 Å². The summed E-state index contributed by atoms with van der Waals surface area (Å²) in [6, 6.07) is 11.4. The number of rotatable bonds is 8. The summed E-state index contributed by atoms with van der Waals surface area (Å²) in [6.45, 7) is 11.3. The minimum Gasteiger partial charge on any atom is -0.332 e. The molecule has 0 radical (unpaired) electrons. The molecule has 3 aliphatic heterocycles. The van der Waals surface area contributed by atoms with Gasteiger partial charge >= 0.3 is 0 Å².